The van der Waals surface area contributed by atoms with Gasteiger partial charge < -0.3 is 10.4 Å². The summed E-state index contributed by atoms with van der Waals surface area (Å²) in [7, 11) is 0. The van der Waals surface area contributed by atoms with E-state index in [1.807, 2.05) is 0 Å². The molecule has 0 saturated heterocycles. The number of hydrogen-bond donors (Lipinski definition) is 2. The van der Waals surface area contributed by atoms with E-state index in [1.54, 1.807) is 18.2 Å². The normalized spacial score (nSPS) is 24.1. The second-order valence-electron chi connectivity index (χ2n) is 4.76. The molecular formula is C14H17ClN2O. The Morgan fingerprint density at radius 3 is 2.83 bits per heavy atom. The Bertz CT molecular complexity index is 456. The first-order valence-electron chi connectivity index (χ1n) is 6.35. The minimum atomic E-state index is -0.338. The quantitative estimate of drug-likeness (QED) is 0.806. The monoisotopic (exact) mass is 264 g/mol. The standard InChI is InChI=1S/C14H17ClN2O/c15-11-6-7-12(10(8-11)9-16)17-13-4-2-1-3-5-14(13)18/h6-8,13-14,17-18H,1-5H2. The fourth-order valence-corrected chi connectivity index (χ4v) is 2.56. The van der Waals surface area contributed by atoms with Crippen LogP contribution in [0.2, 0.25) is 5.02 Å². The van der Waals surface area contributed by atoms with E-state index in [9.17, 15) is 5.11 Å². The topological polar surface area (TPSA) is 56.0 Å². The third-order valence-electron chi connectivity index (χ3n) is 3.42. The molecule has 0 amide bonds. The molecule has 1 aromatic rings. The van der Waals surface area contributed by atoms with Crippen LogP contribution in [0.15, 0.2) is 18.2 Å². The lowest BCUT2D eigenvalue weighted by Gasteiger charge is -2.23. The van der Waals surface area contributed by atoms with Gasteiger partial charge in [0.05, 0.1) is 23.4 Å². The first-order chi connectivity index (χ1) is 8.70. The summed E-state index contributed by atoms with van der Waals surface area (Å²) in [6, 6.07) is 7.36. The number of benzene rings is 1. The number of hydrogen-bond acceptors (Lipinski definition) is 3. The van der Waals surface area contributed by atoms with Gasteiger partial charge in [0.15, 0.2) is 0 Å². The van der Waals surface area contributed by atoms with E-state index in [1.165, 1.54) is 6.42 Å². The van der Waals surface area contributed by atoms with Crippen molar-refractivity contribution in [1.29, 1.82) is 5.26 Å². The van der Waals surface area contributed by atoms with Crippen LogP contribution in [0.1, 0.15) is 37.7 Å². The van der Waals surface area contributed by atoms with E-state index in [0.717, 1.165) is 31.4 Å². The SMILES string of the molecule is N#Cc1cc(Cl)ccc1NC1CCCCCC1O. The minimum Gasteiger partial charge on any atom is -0.391 e. The lowest BCUT2D eigenvalue weighted by atomic mass is 10.0. The van der Waals surface area contributed by atoms with Crippen LogP contribution >= 0.6 is 11.6 Å². The van der Waals surface area contributed by atoms with E-state index in [0.29, 0.717) is 10.6 Å². The van der Waals surface area contributed by atoms with Crippen molar-refractivity contribution >= 4 is 17.3 Å². The molecule has 1 aromatic carbocycles. The Hall–Kier alpha value is -1.24. The first-order valence-corrected chi connectivity index (χ1v) is 6.73. The highest BCUT2D eigenvalue weighted by molar-refractivity contribution is 6.30. The number of rotatable bonds is 2. The number of aliphatic hydroxyl groups is 1. The van der Waals surface area contributed by atoms with Gasteiger partial charge in [0.1, 0.15) is 6.07 Å². The third-order valence-corrected chi connectivity index (χ3v) is 3.66. The van der Waals surface area contributed by atoms with E-state index >= 15 is 0 Å². The van der Waals surface area contributed by atoms with Crippen LogP contribution < -0.4 is 5.32 Å². The number of nitrogens with zero attached hydrogens (tertiary/aromatic N) is 1. The molecule has 0 radical (unpaired) electrons. The molecule has 0 heterocycles. The zero-order valence-corrected chi connectivity index (χ0v) is 11.0. The van der Waals surface area contributed by atoms with Crippen LogP contribution in [0.4, 0.5) is 5.69 Å². The summed E-state index contributed by atoms with van der Waals surface area (Å²) in [4.78, 5) is 0. The summed E-state index contributed by atoms with van der Waals surface area (Å²) in [6.45, 7) is 0. The van der Waals surface area contributed by atoms with Crippen LogP contribution in [0, 0.1) is 11.3 Å². The third kappa shape index (κ3) is 3.16. The number of aliphatic hydroxyl groups excluding tert-OH is 1. The molecule has 2 rings (SSSR count). The molecule has 2 N–H and O–H groups in total. The molecule has 1 saturated carbocycles. The molecule has 0 bridgehead atoms. The van der Waals surface area contributed by atoms with E-state index in [-0.39, 0.29) is 12.1 Å². The average Bonchev–Trinajstić information content (AvgIpc) is 2.57. The van der Waals surface area contributed by atoms with Gasteiger partial charge >= 0.3 is 0 Å². The summed E-state index contributed by atoms with van der Waals surface area (Å²) in [5.74, 6) is 0. The molecule has 1 aliphatic carbocycles. The van der Waals surface area contributed by atoms with Crippen LogP contribution in [-0.2, 0) is 0 Å². The van der Waals surface area contributed by atoms with Crippen LogP contribution in [-0.4, -0.2) is 17.3 Å². The molecule has 2 atom stereocenters. The maximum absolute atomic E-state index is 10.1. The largest absolute Gasteiger partial charge is 0.391 e. The highest BCUT2D eigenvalue weighted by atomic mass is 35.5. The summed E-state index contributed by atoms with van der Waals surface area (Å²) < 4.78 is 0. The van der Waals surface area contributed by atoms with Crippen molar-refractivity contribution in [2.45, 2.75) is 44.2 Å². The second-order valence-corrected chi connectivity index (χ2v) is 5.19. The Labute approximate surface area is 112 Å². The van der Waals surface area contributed by atoms with Crippen LogP contribution in [0.25, 0.3) is 0 Å². The molecule has 0 spiro atoms. The lowest BCUT2D eigenvalue weighted by molar-refractivity contribution is 0.144. The van der Waals surface area contributed by atoms with Gasteiger partial charge in [-0.05, 0) is 31.0 Å². The molecule has 2 unspecified atom stereocenters. The van der Waals surface area contributed by atoms with Crippen molar-refractivity contribution in [3.05, 3.63) is 28.8 Å². The fourth-order valence-electron chi connectivity index (χ4n) is 2.39. The zero-order valence-electron chi connectivity index (χ0n) is 10.2. The smallest absolute Gasteiger partial charge is 0.101 e. The van der Waals surface area contributed by atoms with Gasteiger partial charge in [-0.2, -0.15) is 5.26 Å². The molecule has 96 valence electrons. The Balaban J connectivity index is 2.15. The van der Waals surface area contributed by atoms with E-state index < -0.39 is 0 Å². The van der Waals surface area contributed by atoms with Gasteiger partial charge in [0.25, 0.3) is 0 Å². The fraction of sp³-hybridized carbons (Fsp3) is 0.500. The highest BCUT2D eigenvalue weighted by Crippen LogP contribution is 2.25. The number of halogens is 1. The highest BCUT2D eigenvalue weighted by Gasteiger charge is 2.22. The zero-order chi connectivity index (χ0) is 13.0. The number of anilines is 1. The average molecular weight is 265 g/mol. The van der Waals surface area contributed by atoms with E-state index in [4.69, 9.17) is 16.9 Å². The van der Waals surface area contributed by atoms with Gasteiger partial charge in [0.2, 0.25) is 0 Å². The van der Waals surface area contributed by atoms with Gasteiger partial charge in [-0.3, -0.25) is 0 Å². The summed E-state index contributed by atoms with van der Waals surface area (Å²) in [5, 5.41) is 23.0. The van der Waals surface area contributed by atoms with Crippen molar-refractivity contribution in [2.75, 3.05) is 5.32 Å². The van der Waals surface area contributed by atoms with Crippen molar-refractivity contribution in [3.63, 3.8) is 0 Å². The first kappa shape index (κ1) is 13.2. The van der Waals surface area contributed by atoms with Crippen molar-refractivity contribution in [3.8, 4) is 6.07 Å². The molecule has 1 aliphatic rings. The maximum atomic E-state index is 10.1. The summed E-state index contributed by atoms with van der Waals surface area (Å²) in [6.07, 6.45) is 4.78. The van der Waals surface area contributed by atoms with Gasteiger partial charge in [-0.1, -0.05) is 30.9 Å². The van der Waals surface area contributed by atoms with Gasteiger partial charge in [-0.15, -0.1) is 0 Å². The number of nitrogens with one attached hydrogen (secondary N) is 1. The molecular weight excluding hydrogens is 248 g/mol. The Morgan fingerprint density at radius 2 is 2.06 bits per heavy atom. The molecule has 1 fully saturated rings. The number of nitriles is 1. The second kappa shape index (κ2) is 6.08. The van der Waals surface area contributed by atoms with Crippen LogP contribution in [0.5, 0.6) is 0 Å². The summed E-state index contributed by atoms with van der Waals surface area (Å²) in [5.41, 5.74) is 1.28. The predicted octanol–water partition coefficient (Wildman–Crippen LogP) is 3.32. The van der Waals surface area contributed by atoms with Crippen molar-refractivity contribution in [1.82, 2.24) is 0 Å². The van der Waals surface area contributed by atoms with Gasteiger partial charge in [-0.25, -0.2) is 0 Å². The maximum Gasteiger partial charge on any atom is 0.101 e. The predicted molar refractivity (Wildman–Crippen MR) is 72.7 cm³/mol. The molecule has 18 heavy (non-hydrogen) atoms. The molecule has 4 heteroatoms. The van der Waals surface area contributed by atoms with Crippen molar-refractivity contribution in [2.24, 2.45) is 0 Å². The van der Waals surface area contributed by atoms with Crippen molar-refractivity contribution < 1.29 is 5.11 Å². The Kier molecular flexibility index (Phi) is 4.46. The molecule has 3 nitrogen and oxygen atoms in total. The molecule has 0 aliphatic heterocycles. The van der Waals surface area contributed by atoms with Gasteiger partial charge in [0, 0.05) is 5.02 Å². The Morgan fingerprint density at radius 1 is 1.28 bits per heavy atom. The van der Waals surface area contributed by atoms with Crippen LogP contribution in [0.3, 0.4) is 0 Å². The lowest BCUT2D eigenvalue weighted by Crippen LogP contribution is -2.32. The van der Waals surface area contributed by atoms with E-state index in [2.05, 4.69) is 11.4 Å². The minimum absolute atomic E-state index is 0.0285. The summed E-state index contributed by atoms with van der Waals surface area (Å²) >= 11 is 5.86. The molecule has 0 aromatic heterocycles.